The lowest BCUT2D eigenvalue weighted by atomic mass is 10.1. The van der Waals surface area contributed by atoms with Gasteiger partial charge >= 0.3 is 0 Å². The predicted molar refractivity (Wildman–Crippen MR) is 91.7 cm³/mol. The van der Waals surface area contributed by atoms with Crippen LogP contribution in [0.25, 0.3) is 11.3 Å². The summed E-state index contributed by atoms with van der Waals surface area (Å²) < 4.78 is 1.22. The number of quaternary nitrogens is 1. The Bertz CT molecular complexity index is 736. The van der Waals surface area contributed by atoms with Gasteiger partial charge in [-0.1, -0.05) is 30.3 Å². The van der Waals surface area contributed by atoms with Crippen LogP contribution in [0.1, 0.15) is 12.8 Å². The van der Waals surface area contributed by atoms with Gasteiger partial charge in [0.25, 0.3) is 5.56 Å². The third kappa shape index (κ3) is 4.29. The summed E-state index contributed by atoms with van der Waals surface area (Å²) >= 11 is 0. The van der Waals surface area contributed by atoms with Crippen LogP contribution in [0.2, 0.25) is 0 Å². The zero-order valence-corrected chi connectivity index (χ0v) is 13.7. The van der Waals surface area contributed by atoms with Crippen molar-refractivity contribution in [2.24, 2.45) is 0 Å². The number of nitrogens with one attached hydrogen (secondary N) is 2. The average molecular weight is 327 g/mol. The molecule has 2 heterocycles. The topological polar surface area (TPSA) is 68.4 Å². The molecule has 0 radical (unpaired) electrons. The molecule has 6 nitrogen and oxygen atoms in total. The zero-order valence-electron chi connectivity index (χ0n) is 13.7. The van der Waals surface area contributed by atoms with Gasteiger partial charge in [-0.2, -0.15) is 5.10 Å². The second-order valence-electron chi connectivity index (χ2n) is 6.14. The average Bonchev–Trinajstić information content (AvgIpc) is 3.11. The van der Waals surface area contributed by atoms with E-state index in [2.05, 4.69) is 10.4 Å². The van der Waals surface area contributed by atoms with Crippen LogP contribution in [0.15, 0.2) is 47.3 Å². The predicted octanol–water partition coefficient (Wildman–Crippen LogP) is -0.295. The van der Waals surface area contributed by atoms with Gasteiger partial charge in [0.05, 0.1) is 31.9 Å². The first-order valence-corrected chi connectivity index (χ1v) is 8.46. The molecule has 1 aliphatic rings. The Kier molecular flexibility index (Phi) is 5.38. The van der Waals surface area contributed by atoms with E-state index in [1.807, 2.05) is 30.3 Å². The molecule has 1 aromatic carbocycles. The molecule has 0 unspecified atom stereocenters. The Hall–Kier alpha value is -2.47. The van der Waals surface area contributed by atoms with E-state index in [1.165, 1.54) is 41.6 Å². The Balaban J connectivity index is 1.59. The number of rotatable bonds is 6. The second-order valence-corrected chi connectivity index (χ2v) is 6.14. The monoisotopic (exact) mass is 327 g/mol. The molecule has 126 valence electrons. The Morgan fingerprint density at radius 2 is 1.88 bits per heavy atom. The van der Waals surface area contributed by atoms with Crippen molar-refractivity contribution in [1.82, 2.24) is 15.1 Å². The van der Waals surface area contributed by atoms with Crippen molar-refractivity contribution in [3.63, 3.8) is 0 Å². The molecule has 0 atom stereocenters. The quantitative estimate of drug-likeness (QED) is 0.766. The first-order valence-electron chi connectivity index (χ1n) is 8.46. The molecule has 1 amide bonds. The molecule has 0 spiro atoms. The number of hydrogen-bond acceptors (Lipinski definition) is 3. The highest BCUT2D eigenvalue weighted by Crippen LogP contribution is 2.13. The Labute approximate surface area is 141 Å². The first kappa shape index (κ1) is 16.4. The summed E-state index contributed by atoms with van der Waals surface area (Å²) in [5.74, 6) is -0.173. The normalized spacial score (nSPS) is 14.7. The van der Waals surface area contributed by atoms with Gasteiger partial charge in [-0.05, 0) is 6.07 Å². The van der Waals surface area contributed by atoms with Gasteiger partial charge in [-0.15, -0.1) is 0 Å². The molecule has 0 aliphatic carbocycles. The lowest BCUT2D eigenvalue weighted by molar-refractivity contribution is -0.886. The van der Waals surface area contributed by atoms with Crippen LogP contribution >= 0.6 is 0 Å². The first-order chi connectivity index (χ1) is 11.7. The van der Waals surface area contributed by atoms with Crippen LogP contribution in [-0.4, -0.2) is 41.9 Å². The molecule has 2 N–H and O–H groups in total. The van der Waals surface area contributed by atoms with Crippen molar-refractivity contribution < 1.29 is 9.69 Å². The number of likely N-dealkylation sites (tertiary alicyclic amines) is 1. The molecule has 1 aromatic heterocycles. The van der Waals surface area contributed by atoms with Gasteiger partial charge in [0.15, 0.2) is 0 Å². The van der Waals surface area contributed by atoms with Gasteiger partial charge in [0.2, 0.25) is 5.91 Å². The van der Waals surface area contributed by atoms with Crippen molar-refractivity contribution in [3.8, 4) is 11.3 Å². The van der Waals surface area contributed by atoms with Crippen LogP contribution in [0, 0.1) is 0 Å². The van der Waals surface area contributed by atoms with Gasteiger partial charge in [-0.3, -0.25) is 9.59 Å². The van der Waals surface area contributed by atoms with Gasteiger partial charge < -0.3 is 10.2 Å². The largest absolute Gasteiger partial charge is 0.349 e. The highest BCUT2D eigenvalue weighted by molar-refractivity contribution is 5.75. The van der Waals surface area contributed by atoms with Crippen LogP contribution in [0.5, 0.6) is 0 Å². The SMILES string of the molecule is O=C(Cn1nc(-c2ccccc2)ccc1=O)NCC[NH+]1CCCC1. The Morgan fingerprint density at radius 3 is 2.62 bits per heavy atom. The van der Waals surface area contributed by atoms with E-state index < -0.39 is 0 Å². The molecule has 24 heavy (non-hydrogen) atoms. The third-order valence-corrected chi connectivity index (χ3v) is 4.34. The fourth-order valence-electron chi connectivity index (χ4n) is 3.02. The summed E-state index contributed by atoms with van der Waals surface area (Å²) in [7, 11) is 0. The van der Waals surface area contributed by atoms with Crippen LogP contribution in [-0.2, 0) is 11.3 Å². The number of benzene rings is 1. The highest BCUT2D eigenvalue weighted by Gasteiger charge is 2.15. The summed E-state index contributed by atoms with van der Waals surface area (Å²) in [6, 6.07) is 12.8. The van der Waals surface area contributed by atoms with E-state index in [0.29, 0.717) is 12.2 Å². The lowest BCUT2D eigenvalue weighted by Gasteiger charge is -2.12. The second kappa shape index (κ2) is 7.88. The third-order valence-electron chi connectivity index (χ3n) is 4.34. The minimum absolute atomic E-state index is 0.0468. The molecule has 0 bridgehead atoms. The fourth-order valence-corrected chi connectivity index (χ4v) is 3.02. The van der Waals surface area contributed by atoms with E-state index in [4.69, 9.17) is 0 Å². The fraction of sp³-hybridized carbons (Fsp3) is 0.389. The highest BCUT2D eigenvalue weighted by atomic mass is 16.2. The maximum absolute atomic E-state index is 12.1. The molecule has 2 aromatic rings. The maximum atomic E-state index is 12.1. The van der Waals surface area contributed by atoms with Gasteiger partial charge in [0, 0.05) is 24.5 Å². The molecule has 6 heteroatoms. The van der Waals surface area contributed by atoms with Crippen molar-refractivity contribution in [2.75, 3.05) is 26.2 Å². The van der Waals surface area contributed by atoms with Crippen LogP contribution < -0.4 is 15.8 Å². The Morgan fingerprint density at radius 1 is 1.12 bits per heavy atom. The summed E-state index contributed by atoms with van der Waals surface area (Å²) in [6.45, 7) is 3.92. The zero-order chi connectivity index (χ0) is 16.8. The molecule has 1 saturated heterocycles. The number of carbonyl (C=O) groups is 1. The summed E-state index contributed by atoms with van der Waals surface area (Å²) in [5.41, 5.74) is 1.34. The summed E-state index contributed by atoms with van der Waals surface area (Å²) in [5, 5.41) is 7.19. The van der Waals surface area contributed by atoms with E-state index in [0.717, 1.165) is 12.1 Å². The van der Waals surface area contributed by atoms with E-state index in [9.17, 15) is 9.59 Å². The van der Waals surface area contributed by atoms with Crippen LogP contribution in [0.4, 0.5) is 0 Å². The van der Waals surface area contributed by atoms with Crippen molar-refractivity contribution in [2.45, 2.75) is 19.4 Å². The summed E-state index contributed by atoms with van der Waals surface area (Å²) in [4.78, 5) is 25.5. The molecule has 1 fully saturated rings. The molecule has 3 rings (SSSR count). The van der Waals surface area contributed by atoms with Crippen LogP contribution in [0.3, 0.4) is 0 Å². The standard InChI is InChI=1S/C18H22N4O2/c23-17(19-10-13-21-11-4-5-12-21)14-22-18(24)9-8-16(20-22)15-6-2-1-3-7-15/h1-3,6-9H,4-5,10-14H2,(H,19,23)/p+1. The summed E-state index contributed by atoms with van der Waals surface area (Å²) in [6.07, 6.45) is 2.55. The van der Waals surface area contributed by atoms with Gasteiger partial charge in [0.1, 0.15) is 6.54 Å². The van der Waals surface area contributed by atoms with E-state index in [1.54, 1.807) is 6.07 Å². The molecular weight excluding hydrogens is 304 g/mol. The molecule has 1 aliphatic heterocycles. The number of nitrogens with zero attached hydrogens (tertiary/aromatic N) is 2. The minimum atomic E-state index is -0.269. The maximum Gasteiger partial charge on any atom is 0.267 e. The number of hydrogen-bond donors (Lipinski definition) is 2. The molecule has 0 saturated carbocycles. The lowest BCUT2D eigenvalue weighted by Crippen LogP contribution is -3.10. The number of amides is 1. The van der Waals surface area contributed by atoms with Crippen molar-refractivity contribution in [1.29, 1.82) is 0 Å². The van der Waals surface area contributed by atoms with E-state index in [-0.39, 0.29) is 18.0 Å². The number of carbonyl (C=O) groups excluding carboxylic acids is 1. The van der Waals surface area contributed by atoms with Crippen molar-refractivity contribution in [3.05, 3.63) is 52.8 Å². The molecular formula is C18H23N4O2+. The number of aromatic nitrogens is 2. The van der Waals surface area contributed by atoms with Gasteiger partial charge in [-0.25, -0.2) is 4.68 Å². The van der Waals surface area contributed by atoms with Crippen molar-refractivity contribution >= 4 is 5.91 Å². The minimum Gasteiger partial charge on any atom is -0.349 e. The smallest absolute Gasteiger partial charge is 0.267 e. The van der Waals surface area contributed by atoms with E-state index >= 15 is 0 Å².